The van der Waals surface area contributed by atoms with Crippen molar-refractivity contribution < 1.29 is 32.2 Å². The zero-order chi connectivity index (χ0) is 26.7. The van der Waals surface area contributed by atoms with E-state index in [0.717, 1.165) is 29.1 Å². The van der Waals surface area contributed by atoms with Crippen molar-refractivity contribution in [3.05, 3.63) is 82.9 Å². The fraction of sp³-hybridized carbons (Fsp3) is 0.179. The van der Waals surface area contributed by atoms with Gasteiger partial charge in [-0.05, 0) is 83.4 Å². The van der Waals surface area contributed by atoms with Crippen molar-refractivity contribution in [2.45, 2.75) is 13.1 Å². The molecule has 37 heavy (non-hydrogen) atoms. The van der Waals surface area contributed by atoms with E-state index in [-0.39, 0.29) is 16.3 Å². The van der Waals surface area contributed by atoms with E-state index >= 15 is 0 Å². The lowest BCUT2D eigenvalue weighted by molar-refractivity contribution is -0.137. The van der Waals surface area contributed by atoms with Crippen LogP contribution in [0.1, 0.15) is 22.8 Å². The lowest BCUT2D eigenvalue weighted by Gasteiger charge is -2.16. The number of rotatable bonds is 7. The summed E-state index contributed by atoms with van der Waals surface area (Å²) in [5.41, 5.74) is 0.667. The van der Waals surface area contributed by atoms with Gasteiger partial charge in [0.05, 0.1) is 37.1 Å². The van der Waals surface area contributed by atoms with Crippen LogP contribution < -0.4 is 19.5 Å². The topological polar surface area (TPSA) is 56.8 Å². The van der Waals surface area contributed by atoms with Crippen molar-refractivity contribution in [3.8, 4) is 28.4 Å². The number of carbonyl (C=O) groups excluding carboxylic acids is 1. The average Bonchev–Trinajstić information content (AvgIpc) is 2.88. The minimum atomic E-state index is -4.58. The van der Waals surface area contributed by atoms with Crippen LogP contribution in [0.25, 0.3) is 21.9 Å². The van der Waals surface area contributed by atoms with Gasteiger partial charge in [-0.1, -0.05) is 23.7 Å². The summed E-state index contributed by atoms with van der Waals surface area (Å²) in [6.45, 7) is 2.41. The molecule has 4 rings (SSSR count). The van der Waals surface area contributed by atoms with E-state index in [4.69, 9.17) is 25.8 Å². The molecule has 0 spiro atoms. The van der Waals surface area contributed by atoms with Crippen molar-refractivity contribution in [2.24, 2.45) is 0 Å². The van der Waals surface area contributed by atoms with E-state index in [2.05, 4.69) is 5.32 Å². The van der Waals surface area contributed by atoms with Crippen LogP contribution in [0.3, 0.4) is 0 Å². The number of carbonyl (C=O) groups is 1. The molecule has 0 unspecified atom stereocenters. The lowest BCUT2D eigenvalue weighted by Crippen LogP contribution is -2.14. The third kappa shape index (κ3) is 5.59. The van der Waals surface area contributed by atoms with Crippen molar-refractivity contribution in [1.82, 2.24) is 0 Å². The Morgan fingerprint density at radius 2 is 1.59 bits per heavy atom. The summed E-state index contributed by atoms with van der Waals surface area (Å²) in [5.74, 6) is 1.05. The molecule has 0 bridgehead atoms. The average molecular weight is 530 g/mol. The molecule has 0 aliphatic carbocycles. The van der Waals surface area contributed by atoms with E-state index in [1.807, 2.05) is 37.3 Å². The second-order valence-corrected chi connectivity index (χ2v) is 8.46. The van der Waals surface area contributed by atoms with Gasteiger partial charge in [-0.15, -0.1) is 0 Å². The Labute approximate surface area is 216 Å². The molecular formula is C28H23ClF3NO4. The number of halogens is 4. The molecule has 9 heteroatoms. The van der Waals surface area contributed by atoms with Gasteiger partial charge in [-0.3, -0.25) is 4.79 Å². The van der Waals surface area contributed by atoms with Crippen LogP contribution in [0.4, 0.5) is 18.9 Å². The van der Waals surface area contributed by atoms with Crippen molar-refractivity contribution in [3.63, 3.8) is 0 Å². The van der Waals surface area contributed by atoms with E-state index in [9.17, 15) is 18.0 Å². The maximum atomic E-state index is 13.2. The van der Waals surface area contributed by atoms with Gasteiger partial charge in [0, 0.05) is 5.56 Å². The number of alkyl halides is 3. The Hall–Kier alpha value is -3.91. The van der Waals surface area contributed by atoms with E-state index in [1.165, 1.54) is 14.2 Å². The molecule has 1 amide bonds. The predicted molar refractivity (Wildman–Crippen MR) is 138 cm³/mol. The zero-order valence-electron chi connectivity index (χ0n) is 20.2. The van der Waals surface area contributed by atoms with Gasteiger partial charge in [0.1, 0.15) is 5.75 Å². The first-order chi connectivity index (χ1) is 17.6. The molecule has 0 aliphatic heterocycles. The SMILES string of the molecule is CCOc1ccc(-c2cc(C(=O)Nc3cc(C(F)(F)F)ccc3Cl)cc3cc(OC)c(OC)cc23)cc1. The highest BCUT2D eigenvalue weighted by molar-refractivity contribution is 6.34. The normalized spacial score (nSPS) is 11.3. The first-order valence-corrected chi connectivity index (χ1v) is 11.6. The van der Waals surface area contributed by atoms with Gasteiger partial charge in [0.25, 0.3) is 5.91 Å². The first-order valence-electron chi connectivity index (χ1n) is 11.3. The molecule has 0 aliphatic rings. The number of hydrogen-bond donors (Lipinski definition) is 1. The minimum Gasteiger partial charge on any atom is -0.494 e. The molecule has 0 atom stereocenters. The maximum Gasteiger partial charge on any atom is 0.416 e. The van der Waals surface area contributed by atoms with Gasteiger partial charge >= 0.3 is 6.18 Å². The Balaban J connectivity index is 1.83. The van der Waals surface area contributed by atoms with E-state index < -0.39 is 17.6 Å². The third-order valence-electron chi connectivity index (χ3n) is 5.74. The lowest BCUT2D eigenvalue weighted by atomic mass is 9.94. The highest BCUT2D eigenvalue weighted by Crippen LogP contribution is 2.39. The summed E-state index contributed by atoms with van der Waals surface area (Å²) in [7, 11) is 3.03. The van der Waals surface area contributed by atoms with E-state index in [1.54, 1.807) is 18.2 Å². The van der Waals surface area contributed by atoms with Crippen LogP contribution in [0.5, 0.6) is 17.2 Å². The van der Waals surface area contributed by atoms with Gasteiger partial charge in [-0.25, -0.2) is 0 Å². The third-order valence-corrected chi connectivity index (χ3v) is 6.07. The zero-order valence-corrected chi connectivity index (χ0v) is 21.0. The summed E-state index contributed by atoms with van der Waals surface area (Å²) < 4.78 is 56.0. The number of hydrogen-bond acceptors (Lipinski definition) is 4. The Morgan fingerprint density at radius 3 is 2.22 bits per heavy atom. The molecule has 0 aromatic heterocycles. The van der Waals surface area contributed by atoms with Crippen LogP contribution in [-0.2, 0) is 6.18 Å². The van der Waals surface area contributed by atoms with Gasteiger partial charge < -0.3 is 19.5 Å². The summed E-state index contributed by atoms with van der Waals surface area (Å²) in [4.78, 5) is 13.2. The monoisotopic (exact) mass is 529 g/mol. The number of nitrogens with one attached hydrogen (secondary N) is 1. The highest BCUT2D eigenvalue weighted by Gasteiger charge is 2.31. The van der Waals surface area contributed by atoms with Crippen molar-refractivity contribution in [2.75, 3.05) is 26.1 Å². The van der Waals surface area contributed by atoms with Gasteiger partial charge in [0.2, 0.25) is 0 Å². The Bertz CT molecular complexity index is 1450. The van der Waals surface area contributed by atoms with Crippen LogP contribution >= 0.6 is 11.6 Å². The molecule has 0 heterocycles. The smallest absolute Gasteiger partial charge is 0.416 e. The summed E-state index contributed by atoms with van der Waals surface area (Å²) >= 11 is 6.09. The first kappa shape index (κ1) is 26.2. The van der Waals surface area contributed by atoms with Crippen LogP contribution in [0.2, 0.25) is 5.02 Å². The largest absolute Gasteiger partial charge is 0.494 e. The van der Waals surface area contributed by atoms with Crippen LogP contribution in [0.15, 0.2) is 66.7 Å². The second-order valence-electron chi connectivity index (χ2n) is 8.06. The summed E-state index contributed by atoms with van der Waals surface area (Å²) in [6, 6.07) is 17.0. The van der Waals surface area contributed by atoms with Crippen molar-refractivity contribution in [1.29, 1.82) is 0 Å². The Kier molecular flexibility index (Phi) is 7.50. The molecule has 0 saturated heterocycles. The van der Waals surface area contributed by atoms with Gasteiger partial charge in [0.15, 0.2) is 11.5 Å². The summed E-state index contributed by atoms with van der Waals surface area (Å²) in [6.07, 6.45) is -4.58. The van der Waals surface area contributed by atoms with Gasteiger partial charge in [-0.2, -0.15) is 13.2 Å². The molecule has 4 aromatic carbocycles. The summed E-state index contributed by atoms with van der Waals surface area (Å²) in [5, 5.41) is 3.96. The number of benzene rings is 4. The number of anilines is 1. The fourth-order valence-electron chi connectivity index (χ4n) is 3.95. The quantitative estimate of drug-likeness (QED) is 0.265. The number of ether oxygens (including phenoxy) is 3. The molecule has 0 saturated carbocycles. The number of amides is 1. The molecular weight excluding hydrogens is 507 g/mol. The predicted octanol–water partition coefficient (Wildman–Crippen LogP) is 7.85. The molecule has 1 N–H and O–H groups in total. The molecule has 4 aromatic rings. The van der Waals surface area contributed by atoms with Crippen LogP contribution in [0, 0.1) is 0 Å². The molecule has 0 fully saturated rings. The number of fused-ring (bicyclic) bond motifs is 1. The standard InChI is InChI=1S/C28H23ClF3NO4/c1-4-37-20-8-5-16(6-9-20)21-12-18(11-17-13-25(35-2)26(36-3)15-22(17)21)27(34)33-24-14-19(28(30,31)32)7-10-23(24)29/h5-15H,4H2,1-3H3,(H,33,34). The minimum absolute atomic E-state index is 0.0136. The Morgan fingerprint density at radius 1 is 0.919 bits per heavy atom. The van der Waals surface area contributed by atoms with Crippen molar-refractivity contribution >= 4 is 34.0 Å². The molecule has 192 valence electrons. The van der Waals surface area contributed by atoms with Crippen LogP contribution in [-0.4, -0.2) is 26.7 Å². The highest BCUT2D eigenvalue weighted by atomic mass is 35.5. The second kappa shape index (κ2) is 10.6. The number of methoxy groups -OCH3 is 2. The maximum absolute atomic E-state index is 13.2. The fourth-order valence-corrected chi connectivity index (χ4v) is 4.11. The molecule has 5 nitrogen and oxygen atoms in total. The molecule has 0 radical (unpaired) electrons. The van der Waals surface area contributed by atoms with E-state index in [0.29, 0.717) is 34.8 Å².